The minimum atomic E-state index is -0.921. The van der Waals surface area contributed by atoms with Crippen LogP contribution in [0.25, 0.3) is 0 Å². The van der Waals surface area contributed by atoms with Gasteiger partial charge in [-0.25, -0.2) is 4.79 Å². The lowest BCUT2D eigenvalue weighted by molar-refractivity contribution is -0.160. The van der Waals surface area contributed by atoms with E-state index >= 15 is 0 Å². The standard InChI is InChI=1S/C22H25N3O5/c1-16(30-20(26)15-29-19-10-6-5-9-18(19)21(23)27)22(28)25-13-11-24(12-14-25)17-7-3-2-4-8-17/h2-10,16H,11-15H2,1H3,(H2,23,27)/t16-/m0/s1. The number of amides is 2. The molecule has 2 aromatic carbocycles. The molecule has 0 unspecified atom stereocenters. The lowest BCUT2D eigenvalue weighted by Crippen LogP contribution is -2.51. The number of para-hydroxylation sites is 2. The topological polar surface area (TPSA) is 102 Å². The van der Waals surface area contributed by atoms with Gasteiger partial charge in [-0.2, -0.15) is 0 Å². The summed E-state index contributed by atoms with van der Waals surface area (Å²) in [5.41, 5.74) is 6.58. The van der Waals surface area contributed by atoms with Crippen molar-refractivity contribution < 1.29 is 23.9 Å². The zero-order valence-electron chi connectivity index (χ0n) is 16.8. The van der Waals surface area contributed by atoms with Crippen LogP contribution in [-0.2, 0) is 14.3 Å². The number of primary amides is 1. The molecule has 1 fully saturated rings. The van der Waals surface area contributed by atoms with Crippen molar-refractivity contribution in [3.05, 3.63) is 60.2 Å². The Balaban J connectivity index is 1.46. The summed E-state index contributed by atoms with van der Waals surface area (Å²) in [6.07, 6.45) is -0.921. The van der Waals surface area contributed by atoms with Crippen molar-refractivity contribution in [3.63, 3.8) is 0 Å². The lowest BCUT2D eigenvalue weighted by atomic mass is 10.2. The van der Waals surface area contributed by atoms with Crippen LogP contribution in [0.4, 0.5) is 5.69 Å². The van der Waals surface area contributed by atoms with Gasteiger partial charge in [0.25, 0.3) is 11.8 Å². The third-order valence-electron chi connectivity index (χ3n) is 4.87. The molecule has 2 amide bonds. The predicted molar refractivity (Wildman–Crippen MR) is 111 cm³/mol. The minimum absolute atomic E-state index is 0.172. The Labute approximate surface area is 175 Å². The molecule has 2 aromatic rings. The highest BCUT2D eigenvalue weighted by molar-refractivity contribution is 5.95. The number of carbonyl (C=O) groups excluding carboxylic acids is 3. The number of nitrogens with zero attached hydrogens (tertiary/aromatic N) is 2. The van der Waals surface area contributed by atoms with Gasteiger partial charge in [0.1, 0.15) is 5.75 Å². The first-order chi connectivity index (χ1) is 14.5. The lowest BCUT2D eigenvalue weighted by Gasteiger charge is -2.37. The van der Waals surface area contributed by atoms with E-state index in [-0.39, 0.29) is 17.2 Å². The molecule has 3 rings (SSSR count). The normalized spacial score (nSPS) is 14.7. The highest BCUT2D eigenvalue weighted by Gasteiger charge is 2.27. The molecule has 1 heterocycles. The largest absolute Gasteiger partial charge is 0.481 e. The molecule has 158 valence electrons. The van der Waals surface area contributed by atoms with E-state index in [2.05, 4.69) is 4.90 Å². The molecule has 8 heteroatoms. The van der Waals surface area contributed by atoms with Gasteiger partial charge in [0.15, 0.2) is 12.7 Å². The van der Waals surface area contributed by atoms with Crippen molar-refractivity contribution in [1.82, 2.24) is 4.90 Å². The summed E-state index contributed by atoms with van der Waals surface area (Å²) in [6.45, 7) is 3.65. The van der Waals surface area contributed by atoms with Crippen molar-refractivity contribution in [2.45, 2.75) is 13.0 Å². The van der Waals surface area contributed by atoms with Crippen molar-refractivity contribution >= 4 is 23.5 Å². The van der Waals surface area contributed by atoms with Crippen molar-refractivity contribution in [1.29, 1.82) is 0 Å². The van der Waals surface area contributed by atoms with E-state index in [9.17, 15) is 14.4 Å². The molecule has 0 bridgehead atoms. The summed E-state index contributed by atoms with van der Waals surface area (Å²) in [5.74, 6) is -1.40. The second-order valence-corrected chi connectivity index (χ2v) is 6.93. The molecular weight excluding hydrogens is 386 g/mol. The summed E-state index contributed by atoms with van der Waals surface area (Å²) >= 11 is 0. The van der Waals surface area contributed by atoms with Gasteiger partial charge in [0, 0.05) is 31.9 Å². The van der Waals surface area contributed by atoms with Gasteiger partial charge in [-0.05, 0) is 31.2 Å². The van der Waals surface area contributed by atoms with E-state index in [1.54, 1.807) is 24.0 Å². The summed E-state index contributed by atoms with van der Waals surface area (Å²) in [4.78, 5) is 40.0. The minimum Gasteiger partial charge on any atom is -0.481 e. The molecule has 0 radical (unpaired) electrons. The Morgan fingerprint density at radius 2 is 1.60 bits per heavy atom. The zero-order chi connectivity index (χ0) is 21.5. The fourth-order valence-electron chi connectivity index (χ4n) is 3.30. The molecule has 0 saturated carbocycles. The molecule has 1 aliphatic rings. The average Bonchev–Trinajstić information content (AvgIpc) is 2.78. The number of esters is 1. The van der Waals surface area contributed by atoms with Crippen LogP contribution >= 0.6 is 0 Å². The number of hydrogen-bond acceptors (Lipinski definition) is 6. The quantitative estimate of drug-likeness (QED) is 0.692. The summed E-state index contributed by atoms with van der Waals surface area (Å²) in [6, 6.07) is 16.4. The predicted octanol–water partition coefficient (Wildman–Crippen LogP) is 1.44. The molecule has 2 N–H and O–H groups in total. The van der Waals surface area contributed by atoms with Crippen LogP contribution < -0.4 is 15.4 Å². The molecule has 1 saturated heterocycles. The van der Waals surface area contributed by atoms with Gasteiger partial charge in [0.2, 0.25) is 0 Å². The van der Waals surface area contributed by atoms with E-state index in [0.717, 1.165) is 5.69 Å². The summed E-state index contributed by atoms with van der Waals surface area (Å²) < 4.78 is 10.6. The van der Waals surface area contributed by atoms with Gasteiger partial charge in [-0.3, -0.25) is 9.59 Å². The number of ether oxygens (including phenoxy) is 2. The molecule has 1 atom stereocenters. The van der Waals surface area contributed by atoms with Crippen molar-refractivity contribution in [2.75, 3.05) is 37.7 Å². The second-order valence-electron chi connectivity index (χ2n) is 6.93. The molecule has 30 heavy (non-hydrogen) atoms. The number of carbonyl (C=O) groups is 3. The Hall–Kier alpha value is -3.55. The maximum atomic E-state index is 12.6. The van der Waals surface area contributed by atoms with Gasteiger partial charge in [-0.15, -0.1) is 0 Å². The average molecular weight is 411 g/mol. The third kappa shape index (κ3) is 5.28. The van der Waals surface area contributed by atoms with E-state index in [1.807, 2.05) is 30.3 Å². The van der Waals surface area contributed by atoms with E-state index in [1.165, 1.54) is 12.1 Å². The Bertz CT molecular complexity index is 895. The Kier molecular flexibility index (Phi) is 6.90. The number of benzene rings is 2. The van der Waals surface area contributed by atoms with E-state index in [4.69, 9.17) is 15.2 Å². The number of rotatable bonds is 7. The Morgan fingerprint density at radius 3 is 2.27 bits per heavy atom. The fourth-order valence-corrected chi connectivity index (χ4v) is 3.30. The summed E-state index contributed by atoms with van der Waals surface area (Å²) in [7, 11) is 0. The first-order valence-corrected chi connectivity index (χ1v) is 9.75. The molecule has 0 aromatic heterocycles. The van der Waals surface area contributed by atoms with Gasteiger partial charge in [-0.1, -0.05) is 30.3 Å². The smallest absolute Gasteiger partial charge is 0.344 e. The van der Waals surface area contributed by atoms with Crippen LogP contribution in [0.5, 0.6) is 5.75 Å². The SMILES string of the molecule is C[C@H](OC(=O)COc1ccccc1C(N)=O)C(=O)N1CCN(c2ccccc2)CC1. The first kappa shape index (κ1) is 21.2. The van der Waals surface area contributed by atoms with Crippen LogP contribution in [0.1, 0.15) is 17.3 Å². The van der Waals surface area contributed by atoms with Crippen LogP contribution in [0, 0.1) is 0 Å². The Morgan fingerprint density at radius 1 is 0.967 bits per heavy atom. The zero-order valence-corrected chi connectivity index (χ0v) is 16.8. The highest BCUT2D eigenvalue weighted by Crippen LogP contribution is 2.18. The number of anilines is 1. The van der Waals surface area contributed by atoms with Gasteiger partial charge < -0.3 is 25.0 Å². The number of piperazine rings is 1. The van der Waals surface area contributed by atoms with E-state index < -0.39 is 24.6 Å². The van der Waals surface area contributed by atoms with Crippen LogP contribution in [0.2, 0.25) is 0 Å². The monoisotopic (exact) mass is 411 g/mol. The fraction of sp³-hybridized carbons (Fsp3) is 0.318. The van der Waals surface area contributed by atoms with E-state index in [0.29, 0.717) is 26.2 Å². The molecule has 0 aliphatic carbocycles. The van der Waals surface area contributed by atoms with Crippen LogP contribution in [0.3, 0.4) is 0 Å². The maximum absolute atomic E-state index is 12.6. The van der Waals surface area contributed by atoms with Gasteiger partial charge in [0.05, 0.1) is 5.56 Å². The molecular formula is C22H25N3O5. The van der Waals surface area contributed by atoms with Crippen LogP contribution in [-0.4, -0.2) is 61.6 Å². The van der Waals surface area contributed by atoms with Gasteiger partial charge >= 0.3 is 5.97 Å². The second kappa shape index (κ2) is 9.78. The number of nitrogens with two attached hydrogens (primary N) is 1. The maximum Gasteiger partial charge on any atom is 0.344 e. The van der Waals surface area contributed by atoms with Crippen molar-refractivity contribution in [2.24, 2.45) is 5.73 Å². The van der Waals surface area contributed by atoms with Crippen molar-refractivity contribution in [3.8, 4) is 5.75 Å². The molecule has 0 spiro atoms. The summed E-state index contributed by atoms with van der Waals surface area (Å²) in [5, 5.41) is 0. The molecule has 1 aliphatic heterocycles. The number of hydrogen-bond donors (Lipinski definition) is 1. The molecule has 8 nitrogen and oxygen atoms in total. The first-order valence-electron chi connectivity index (χ1n) is 9.75. The van der Waals surface area contributed by atoms with Crippen LogP contribution in [0.15, 0.2) is 54.6 Å². The highest BCUT2D eigenvalue weighted by atomic mass is 16.6. The third-order valence-corrected chi connectivity index (χ3v) is 4.87.